The first-order chi connectivity index (χ1) is 10.7. The predicted molar refractivity (Wildman–Crippen MR) is 79.4 cm³/mol. The molecule has 126 valence electrons. The number of halogens is 2. The molecule has 0 aliphatic rings. The molecule has 0 aliphatic carbocycles. The fourth-order valence-corrected chi connectivity index (χ4v) is 1.99. The molecule has 0 aliphatic heterocycles. The summed E-state index contributed by atoms with van der Waals surface area (Å²) in [6.07, 6.45) is -2.49. The van der Waals surface area contributed by atoms with Crippen molar-refractivity contribution in [3.63, 3.8) is 0 Å². The van der Waals surface area contributed by atoms with E-state index in [0.29, 0.717) is 0 Å². The van der Waals surface area contributed by atoms with Gasteiger partial charge >= 0.3 is 5.97 Å². The molecular formula is C16H19F2NO4. The van der Waals surface area contributed by atoms with E-state index in [9.17, 15) is 23.2 Å². The molecule has 1 aromatic rings. The number of hydrogen-bond donors (Lipinski definition) is 1. The van der Waals surface area contributed by atoms with Crippen LogP contribution in [0.4, 0.5) is 8.78 Å². The van der Waals surface area contributed by atoms with Crippen LogP contribution in [0.25, 0.3) is 0 Å². The van der Waals surface area contributed by atoms with Gasteiger partial charge in [-0.05, 0) is 13.3 Å². The van der Waals surface area contributed by atoms with E-state index in [0.717, 1.165) is 0 Å². The smallest absolute Gasteiger partial charge is 0.303 e. The van der Waals surface area contributed by atoms with E-state index < -0.39 is 18.4 Å². The summed E-state index contributed by atoms with van der Waals surface area (Å²) < 4.78 is 25.0. The highest BCUT2D eigenvalue weighted by Gasteiger charge is 2.23. The number of amides is 1. The summed E-state index contributed by atoms with van der Waals surface area (Å²) in [5, 5.41) is 8.54. The molecule has 0 heterocycles. The second kappa shape index (κ2) is 8.36. The monoisotopic (exact) mass is 327 g/mol. The van der Waals surface area contributed by atoms with Gasteiger partial charge in [0.1, 0.15) is 0 Å². The van der Waals surface area contributed by atoms with Crippen LogP contribution in [0.2, 0.25) is 0 Å². The number of hydrogen-bond acceptors (Lipinski definition) is 3. The molecule has 1 amide bonds. The number of alkyl halides is 2. The molecule has 0 saturated heterocycles. The zero-order chi connectivity index (χ0) is 17.6. The lowest BCUT2D eigenvalue weighted by atomic mass is 10.0. The summed E-state index contributed by atoms with van der Waals surface area (Å²) >= 11 is 0. The maximum atomic E-state index is 12.5. The molecule has 1 N–H and O–H groups in total. The van der Waals surface area contributed by atoms with Gasteiger partial charge in [0.05, 0.1) is 6.04 Å². The molecule has 1 rings (SSSR count). The van der Waals surface area contributed by atoms with Crippen molar-refractivity contribution in [2.24, 2.45) is 0 Å². The zero-order valence-electron chi connectivity index (χ0n) is 13.0. The Kier molecular flexibility index (Phi) is 6.81. The van der Waals surface area contributed by atoms with Crippen LogP contribution in [0.15, 0.2) is 24.3 Å². The number of carbonyl (C=O) groups excluding carboxylic acids is 2. The van der Waals surface area contributed by atoms with Gasteiger partial charge in [-0.25, -0.2) is 8.78 Å². The Hall–Kier alpha value is -2.31. The summed E-state index contributed by atoms with van der Waals surface area (Å²) in [6.45, 7) is 1.54. The Balaban J connectivity index is 2.67. The van der Waals surface area contributed by atoms with Crippen LogP contribution in [0.1, 0.15) is 48.5 Å². The standard InChI is InChI=1S/C16H19F2NO4/c1-10(19(2)13(20)4-3-5-14(21)22)15(23)11-6-8-12(9-7-11)16(17)18/h6-10,16H,3-5H2,1-2H3,(H,21,22). The Bertz CT molecular complexity index is 572. The summed E-state index contributed by atoms with van der Waals surface area (Å²) in [6, 6.07) is 4.22. The van der Waals surface area contributed by atoms with Crippen LogP contribution in [0.5, 0.6) is 0 Å². The fourth-order valence-electron chi connectivity index (χ4n) is 1.99. The number of carboxylic acids is 1. The van der Waals surface area contributed by atoms with Crippen LogP contribution in [-0.4, -0.2) is 40.8 Å². The molecule has 0 aromatic heterocycles. The minimum absolute atomic E-state index is 0.0325. The van der Waals surface area contributed by atoms with Crippen LogP contribution in [-0.2, 0) is 9.59 Å². The summed E-state index contributed by atoms with van der Waals surface area (Å²) in [5.74, 6) is -1.68. The van der Waals surface area contributed by atoms with E-state index in [1.54, 1.807) is 6.92 Å². The topological polar surface area (TPSA) is 74.7 Å². The zero-order valence-corrected chi connectivity index (χ0v) is 13.0. The van der Waals surface area contributed by atoms with Gasteiger partial charge in [-0.2, -0.15) is 0 Å². The first-order valence-corrected chi connectivity index (χ1v) is 7.13. The van der Waals surface area contributed by atoms with Crippen molar-refractivity contribution in [2.75, 3.05) is 7.05 Å². The third-order valence-electron chi connectivity index (χ3n) is 3.58. The molecule has 1 aromatic carbocycles. The van der Waals surface area contributed by atoms with Crippen LogP contribution in [0.3, 0.4) is 0 Å². The van der Waals surface area contributed by atoms with Crippen LogP contribution < -0.4 is 0 Å². The van der Waals surface area contributed by atoms with Crippen molar-refractivity contribution < 1.29 is 28.3 Å². The van der Waals surface area contributed by atoms with Gasteiger partial charge in [0.2, 0.25) is 5.91 Å². The van der Waals surface area contributed by atoms with E-state index in [1.165, 1.54) is 36.2 Å². The summed E-state index contributed by atoms with van der Waals surface area (Å²) in [7, 11) is 1.46. The van der Waals surface area contributed by atoms with Crippen LogP contribution >= 0.6 is 0 Å². The van der Waals surface area contributed by atoms with E-state index >= 15 is 0 Å². The van der Waals surface area contributed by atoms with E-state index in [1.807, 2.05) is 0 Å². The molecule has 0 fully saturated rings. The minimum Gasteiger partial charge on any atom is -0.481 e. The molecule has 0 spiro atoms. The lowest BCUT2D eigenvalue weighted by Gasteiger charge is -2.24. The quantitative estimate of drug-likeness (QED) is 0.745. The van der Waals surface area contributed by atoms with E-state index in [-0.39, 0.29) is 42.1 Å². The van der Waals surface area contributed by atoms with Crippen molar-refractivity contribution in [2.45, 2.75) is 38.7 Å². The van der Waals surface area contributed by atoms with Gasteiger partial charge in [0.25, 0.3) is 6.43 Å². The van der Waals surface area contributed by atoms with Crippen molar-refractivity contribution in [1.82, 2.24) is 4.90 Å². The number of likely N-dealkylation sites (N-methyl/N-ethyl adjacent to an activating group) is 1. The third kappa shape index (κ3) is 5.43. The lowest BCUT2D eigenvalue weighted by molar-refractivity contribution is -0.137. The van der Waals surface area contributed by atoms with Crippen molar-refractivity contribution in [3.05, 3.63) is 35.4 Å². The lowest BCUT2D eigenvalue weighted by Crippen LogP contribution is -2.40. The fraction of sp³-hybridized carbons (Fsp3) is 0.438. The van der Waals surface area contributed by atoms with Gasteiger partial charge in [0, 0.05) is 31.0 Å². The molecule has 5 nitrogen and oxygen atoms in total. The number of ketones is 1. The number of nitrogens with zero attached hydrogens (tertiary/aromatic N) is 1. The number of aliphatic carboxylic acids is 1. The highest BCUT2D eigenvalue weighted by Crippen LogP contribution is 2.19. The first kappa shape index (κ1) is 18.7. The van der Waals surface area contributed by atoms with E-state index in [4.69, 9.17) is 5.11 Å². The Morgan fingerprint density at radius 2 is 1.70 bits per heavy atom. The molecule has 7 heteroatoms. The maximum absolute atomic E-state index is 12.5. The number of carbonyl (C=O) groups is 3. The molecule has 0 bridgehead atoms. The Morgan fingerprint density at radius 1 is 1.13 bits per heavy atom. The maximum Gasteiger partial charge on any atom is 0.303 e. The average molecular weight is 327 g/mol. The summed E-state index contributed by atoms with van der Waals surface area (Å²) in [4.78, 5) is 35.9. The van der Waals surface area contributed by atoms with Gasteiger partial charge < -0.3 is 10.0 Å². The molecular weight excluding hydrogens is 308 g/mol. The molecule has 0 radical (unpaired) electrons. The number of carboxylic acid groups (broad SMARTS) is 1. The minimum atomic E-state index is -2.60. The number of Topliss-reactive ketones (excluding diaryl/α,β-unsaturated/α-hetero) is 1. The Morgan fingerprint density at radius 3 is 2.17 bits per heavy atom. The SMILES string of the molecule is CC(C(=O)c1ccc(C(F)F)cc1)N(C)C(=O)CCCC(=O)O. The largest absolute Gasteiger partial charge is 0.481 e. The average Bonchev–Trinajstić information content (AvgIpc) is 2.52. The Labute approximate surface area is 132 Å². The second-order valence-corrected chi connectivity index (χ2v) is 5.21. The highest BCUT2D eigenvalue weighted by molar-refractivity contribution is 6.01. The summed E-state index contributed by atoms with van der Waals surface area (Å²) in [5.41, 5.74) is 0.0689. The molecule has 1 unspecified atom stereocenters. The third-order valence-corrected chi connectivity index (χ3v) is 3.58. The van der Waals surface area contributed by atoms with Crippen molar-refractivity contribution >= 4 is 17.7 Å². The van der Waals surface area contributed by atoms with Crippen LogP contribution in [0, 0.1) is 0 Å². The van der Waals surface area contributed by atoms with Gasteiger partial charge in [-0.3, -0.25) is 14.4 Å². The number of rotatable bonds is 8. The first-order valence-electron chi connectivity index (χ1n) is 7.13. The second-order valence-electron chi connectivity index (χ2n) is 5.21. The molecule has 0 saturated carbocycles. The molecule has 23 heavy (non-hydrogen) atoms. The van der Waals surface area contributed by atoms with Crippen molar-refractivity contribution in [3.8, 4) is 0 Å². The highest BCUT2D eigenvalue weighted by atomic mass is 19.3. The predicted octanol–water partition coefficient (Wildman–Crippen LogP) is 2.91. The normalized spacial score (nSPS) is 12.0. The van der Waals surface area contributed by atoms with E-state index in [2.05, 4.69) is 0 Å². The van der Waals surface area contributed by atoms with Gasteiger partial charge in [-0.1, -0.05) is 24.3 Å². The number of benzene rings is 1. The van der Waals surface area contributed by atoms with Gasteiger partial charge in [0.15, 0.2) is 5.78 Å². The van der Waals surface area contributed by atoms with Crippen molar-refractivity contribution in [1.29, 1.82) is 0 Å². The van der Waals surface area contributed by atoms with Gasteiger partial charge in [-0.15, -0.1) is 0 Å². The molecule has 1 atom stereocenters.